The molecule has 21 heavy (non-hydrogen) atoms. The van der Waals surface area contributed by atoms with Crippen molar-refractivity contribution in [3.63, 3.8) is 0 Å². The van der Waals surface area contributed by atoms with Gasteiger partial charge in [-0.05, 0) is 49.3 Å². The molecule has 3 rings (SSSR count). The molecule has 0 bridgehead atoms. The molecule has 2 aromatic rings. The molecule has 0 unspecified atom stereocenters. The Hall–Kier alpha value is -1.77. The zero-order valence-electron chi connectivity index (χ0n) is 13.8. The molecule has 0 saturated heterocycles. The highest BCUT2D eigenvalue weighted by atomic mass is 14.9. The maximum atomic E-state index is 4.74. The van der Waals surface area contributed by atoms with Crippen LogP contribution in [0.3, 0.4) is 0 Å². The van der Waals surface area contributed by atoms with Crippen molar-refractivity contribution < 1.29 is 0 Å². The second-order valence-electron chi connectivity index (χ2n) is 6.11. The van der Waals surface area contributed by atoms with Crippen LogP contribution in [0.2, 0.25) is 0 Å². The van der Waals surface area contributed by atoms with Crippen LogP contribution in [0, 0.1) is 12.3 Å². The number of aromatic nitrogens is 3. The Morgan fingerprint density at radius 1 is 1.10 bits per heavy atom. The van der Waals surface area contributed by atoms with Crippen molar-refractivity contribution in [3.05, 3.63) is 41.3 Å². The SMILES string of the molecule is CC.Cc1nc(-c2ccccn2)nc2c1CC(C)(C)CC2. The largest absolute Gasteiger partial charge is 0.253 e. The van der Waals surface area contributed by atoms with E-state index in [4.69, 9.17) is 4.98 Å². The van der Waals surface area contributed by atoms with Crippen molar-refractivity contribution in [1.29, 1.82) is 0 Å². The summed E-state index contributed by atoms with van der Waals surface area (Å²) in [4.78, 5) is 13.7. The van der Waals surface area contributed by atoms with E-state index in [0.29, 0.717) is 5.41 Å². The maximum Gasteiger partial charge on any atom is 0.178 e. The number of hydrogen-bond acceptors (Lipinski definition) is 3. The molecule has 0 spiro atoms. The van der Waals surface area contributed by atoms with Crippen LogP contribution in [0.15, 0.2) is 24.4 Å². The Bertz CT molecular complexity index is 603. The van der Waals surface area contributed by atoms with Crippen molar-refractivity contribution in [3.8, 4) is 11.5 Å². The predicted octanol–water partition coefficient (Wildman–Crippen LogP) is 4.39. The van der Waals surface area contributed by atoms with Gasteiger partial charge in [0.2, 0.25) is 0 Å². The number of fused-ring (bicyclic) bond motifs is 1. The van der Waals surface area contributed by atoms with Crippen molar-refractivity contribution >= 4 is 0 Å². The van der Waals surface area contributed by atoms with Crippen LogP contribution in [0.25, 0.3) is 11.5 Å². The van der Waals surface area contributed by atoms with E-state index < -0.39 is 0 Å². The van der Waals surface area contributed by atoms with E-state index >= 15 is 0 Å². The molecule has 112 valence electrons. The lowest BCUT2D eigenvalue weighted by molar-refractivity contribution is 0.310. The molecule has 0 aliphatic heterocycles. The Morgan fingerprint density at radius 3 is 2.52 bits per heavy atom. The summed E-state index contributed by atoms with van der Waals surface area (Å²) in [5, 5.41) is 0. The molecule has 0 amide bonds. The second kappa shape index (κ2) is 6.33. The molecule has 0 radical (unpaired) electrons. The van der Waals surface area contributed by atoms with Crippen molar-refractivity contribution in [1.82, 2.24) is 15.0 Å². The van der Waals surface area contributed by atoms with Gasteiger partial charge in [-0.1, -0.05) is 33.8 Å². The second-order valence-corrected chi connectivity index (χ2v) is 6.11. The molecule has 1 aliphatic rings. The number of hydrogen-bond donors (Lipinski definition) is 0. The van der Waals surface area contributed by atoms with E-state index in [1.54, 1.807) is 6.20 Å². The number of nitrogens with zero attached hydrogens (tertiary/aromatic N) is 3. The van der Waals surface area contributed by atoms with Gasteiger partial charge < -0.3 is 0 Å². The quantitative estimate of drug-likeness (QED) is 0.779. The fourth-order valence-corrected chi connectivity index (χ4v) is 2.73. The first kappa shape index (κ1) is 15.6. The molecule has 0 atom stereocenters. The number of pyridine rings is 1. The lowest BCUT2D eigenvalue weighted by Crippen LogP contribution is -2.24. The third-order valence-corrected chi connectivity index (χ3v) is 3.89. The summed E-state index contributed by atoms with van der Waals surface area (Å²) in [6, 6.07) is 5.86. The summed E-state index contributed by atoms with van der Waals surface area (Å²) in [5.41, 5.74) is 4.90. The Balaban J connectivity index is 0.000000774. The molecular formula is C18H25N3. The smallest absolute Gasteiger partial charge is 0.178 e. The zero-order valence-corrected chi connectivity index (χ0v) is 13.8. The van der Waals surface area contributed by atoms with Crippen molar-refractivity contribution in [2.24, 2.45) is 5.41 Å². The van der Waals surface area contributed by atoms with Gasteiger partial charge in [0.1, 0.15) is 5.69 Å². The van der Waals surface area contributed by atoms with E-state index in [2.05, 4.69) is 30.7 Å². The Kier molecular flexibility index (Phi) is 4.71. The summed E-state index contributed by atoms with van der Waals surface area (Å²) in [5.74, 6) is 0.761. The van der Waals surface area contributed by atoms with Crippen molar-refractivity contribution in [2.45, 2.75) is 53.9 Å². The minimum atomic E-state index is 0.369. The molecule has 3 heteroatoms. The standard InChI is InChI=1S/C16H19N3.C2H6/c1-11-12-10-16(2,3)8-7-13(12)19-15(18-11)14-6-4-5-9-17-14;1-2/h4-6,9H,7-8,10H2,1-3H3;1-2H3. The van der Waals surface area contributed by atoms with Gasteiger partial charge in [-0.15, -0.1) is 0 Å². The topological polar surface area (TPSA) is 38.7 Å². The first-order chi connectivity index (χ1) is 10.1. The van der Waals surface area contributed by atoms with Crippen LogP contribution < -0.4 is 0 Å². The van der Waals surface area contributed by atoms with Crippen molar-refractivity contribution in [2.75, 3.05) is 0 Å². The van der Waals surface area contributed by atoms with E-state index in [-0.39, 0.29) is 0 Å². The summed E-state index contributed by atoms with van der Waals surface area (Å²) >= 11 is 0. The summed E-state index contributed by atoms with van der Waals surface area (Å²) in [6.07, 6.45) is 5.11. The minimum absolute atomic E-state index is 0.369. The molecule has 1 aliphatic carbocycles. The van der Waals surface area contributed by atoms with Crippen LogP contribution in [0.5, 0.6) is 0 Å². The third-order valence-electron chi connectivity index (χ3n) is 3.89. The molecule has 0 N–H and O–H groups in total. The fourth-order valence-electron chi connectivity index (χ4n) is 2.73. The molecular weight excluding hydrogens is 258 g/mol. The average Bonchev–Trinajstić information content (AvgIpc) is 2.50. The molecule has 0 saturated carbocycles. The first-order valence-corrected chi connectivity index (χ1v) is 7.83. The van der Waals surface area contributed by atoms with Gasteiger partial charge >= 0.3 is 0 Å². The Labute approximate surface area is 127 Å². The molecule has 0 fully saturated rings. The predicted molar refractivity (Wildman–Crippen MR) is 87.2 cm³/mol. The van der Waals surface area contributed by atoms with Crippen LogP contribution in [-0.2, 0) is 12.8 Å². The summed E-state index contributed by atoms with van der Waals surface area (Å²) in [7, 11) is 0. The van der Waals surface area contributed by atoms with Crippen LogP contribution >= 0.6 is 0 Å². The van der Waals surface area contributed by atoms with Gasteiger partial charge in [0.25, 0.3) is 0 Å². The Morgan fingerprint density at radius 2 is 1.86 bits per heavy atom. The summed E-state index contributed by atoms with van der Waals surface area (Å²) < 4.78 is 0. The van der Waals surface area contributed by atoms with Gasteiger partial charge in [-0.3, -0.25) is 4.98 Å². The molecule has 3 nitrogen and oxygen atoms in total. The van der Waals surface area contributed by atoms with Crippen LogP contribution in [0.1, 0.15) is 51.1 Å². The monoisotopic (exact) mass is 283 g/mol. The third kappa shape index (κ3) is 3.46. The van der Waals surface area contributed by atoms with Gasteiger partial charge in [0.15, 0.2) is 5.82 Å². The molecule has 0 aromatic carbocycles. The highest BCUT2D eigenvalue weighted by Crippen LogP contribution is 2.35. The molecule has 2 aromatic heterocycles. The van der Waals surface area contributed by atoms with Crippen LogP contribution in [-0.4, -0.2) is 15.0 Å². The van der Waals surface area contributed by atoms with Gasteiger partial charge in [-0.2, -0.15) is 0 Å². The van der Waals surface area contributed by atoms with E-state index in [0.717, 1.165) is 30.1 Å². The minimum Gasteiger partial charge on any atom is -0.253 e. The average molecular weight is 283 g/mol. The normalized spacial score (nSPS) is 15.7. The number of rotatable bonds is 1. The first-order valence-electron chi connectivity index (χ1n) is 7.83. The van der Waals surface area contributed by atoms with E-state index in [9.17, 15) is 0 Å². The van der Waals surface area contributed by atoms with Gasteiger partial charge in [-0.25, -0.2) is 9.97 Å². The van der Waals surface area contributed by atoms with E-state index in [1.165, 1.54) is 17.7 Å². The summed E-state index contributed by atoms with van der Waals surface area (Å²) in [6.45, 7) is 10.7. The molecule has 2 heterocycles. The fraction of sp³-hybridized carbons (Fsp3) is 0.500. The highest BCUT2D eigenvalue weighted by Gasteiger charge is 2.28. The zero-order chi connectivity index (χ0) is 15.5. The van der Waals surface area contributed by atoms with Gasteiger partial charge in [0, 0.05) is 17.6 Å². The number of aryl methyl sites for hydroxylation is 2. The van der Waals surface area contributed by atoms with E-state index in [1.807, 2.05) is 32.0 Å². The lowest BCUT2D eigenvalue weighted by atomic mass is 9.75. The lowest BCUT2D eigenvalue weighted by Gasteiger charge is -2.31. The van der Waals surface area contributed by atoms with Gasteiger partial charge in [0.05, 0.1) is 0 Å². The maximum absolute atomic E-state index is 4.74. The highest BCUT2D eigenvalue weighted by molar-refractivity contribution is 5.50. The van der Waals surface area contributed by atoms with Crippen LogP contribution in [0.4, 0.5) is 0 Å².